The predicted molar refractivity (Wildman–Crippen MR) is 66.8 cm³/mol. The van der Waals surface area contributed by atoms with E-state index in [9.17, 15) is 17.6 Å². The van der Waals surface area contributed by atoms with Gasteiger partial charge in [0.1, 0.15) is 10.0 Å². The normalized spacial score (nSPS) is 11.4. The van der Waals surface area contributed by atoms with Crippen LogP contribution in [0.15, 0.2) is 30.6 Å². The maximum absolute atomic E-state index is 13.5. The first-order chi connectivity index (χ1) is 8.85. The molecule has 2 aromatic rings. The molecule has 1 aromatic carbocycles. The molecule has 0 aliphatic rings. The van der Waals surface area contributed by atoms with Crippen molar-refractivity contribution >= 4 is 22.6 Å². The van der Waals surface area contributed by atoms with Gasteiger partial charge in [-0.1, -0.05) is 0 Å². The van der Waals surface area contributed by atoms with E-state index in [0.717, 1.165) is 12.1 Å². The van der Waals surface area contributed by atoms with Gasteiger partial charge in [0.2, 0.25) is 0 Å². The lowest BCUT2D eigenvalue weighted by Gasteiger charge is -2.10. The number of alkyl halides is 3. The minimum Gasteiger partial charge on any atom is -0.403 e. The van der Waals surface area contributed by atoms with Gasteiger partial charge >= 0.3 is 6.36 Å². The van der Waals surface area contributed by atoms with Gasteiger partial charge in [0, 0.05) is 5.56 Å². The van der Waals surface area contributed by atoms with Crippen molar-refractivity contribution in [2.75, 3.05) is 0 Å². The number of ether oxygens (including phenoxy) is 1. The second-order valence-electron chi connectivity index (χ2n) is 3.42. The first-order valence-electron chi connectivity index (χ1n) is 4.88. The molecular formula is C11H5F4IN2O. The molecule has 0 spiro atoms. The zero-order chi connectivity index (χ0) is 14.0. The highest BCUT2D eigenvalue weighted by molar-refractivity contribution is 14.1. The first-order valence-corrected chi connectivity index (χ1v) is 5.96. The van der Waals surface area contributed by atoms with Crippen molar-refractivity contribution in [3.8, 4) is 17.0 Å². The zero-order valence-corrected chi connectivity index (χ0v) is 11.2. The van der Waals surface area contributed by atoms with E-state index in [1.807, 2.05) is 22.6 Å². The van der Waals surface area contributed by atoms with Crippen LogP contribution in [-0.4, -0.2) is 16.3 Å². The van der Waals surface area contributed by atoms with Crippen LogP contribution in [0.2, 0.25) is 0 Å². The van der Waals surface area contributed by atoms with Crippen molar-refractivity contribution in [1.29, 1.82) is 0 Å². The lowest BCUT2D eigenvalue weighted by atomic mass is 10.1. The second-order valence-corrected chi connectivity index (χ2v) is 4.52. The van der Waals surface area contributed by atoms with Crippen LogP contribution in [0.25, 0.3) is 11.3 Å². The molecule has 0 saturated heterocycles. The van der Waals surface area contributed by atoms with Gasteiger partial charge < -0.3 is 4.74 Å². The van der Waals surface area contributed by atoms with Gasteiger partial charge in [-0.2, -0.15) is 0 Å². The Morgan fingerprint density at radius 2 is 1.84 bits per heavy atom. The maximum atomic E-state index is 13.5. The van der Waals surface area contributed by atoms with Crippen LogP contribution >= 0.6 is 22.6 Å². The standard InChI is InChI=1S/C11H5F4IN2O/c12-7-3-6(8-4-10(16)18-5-17-8)1-2-9(7)19-11(13,14)15/h1-5H. The lowest BCUT2D eigenvalue weighted by molar-refractivity contribution is -0.275. The molecule has 0 unspecified atom stereocenters. The van der Waals surface area contributed by atoms with Crippen LogP contribution < -0.4 is 4.74 Å². The smallest absolute Gasteiger partial charge is 0.403 e. The summed E-state index contributed by atoms with van der Waals surface area (Å²) in [6.45, 7) is 0. The minimum atomic E-state index is -4.92. The summed E-state index contributed by atoms with van der Waals surface area (Å²) in [5.74, 6) is -1.98. The van der Waals surface area contributed by atoms with Gasteiger partial charge in [-0.3, -0.25) is 0 Å². The van der Waals surface area contributed by atoms with E-state index in [1.54, 1.807) is 6.07 Å². The molecule has 0 aliphatic carbocycles. The zero-order valence-electron chi connectivity index (χ0n) is 9.08. The maximum Gasteiger partial charge on any atom is 0.573 e. The number of rotatable bonds is 2. The van der Waals surface area contributed by atoms with E-state index in [2.05, 4.69) is 14.7 Å². The van der Waals surface area contributed by atoms with Crippen molar-refractivity contribution in [2.24, 2.45) is 0 Å². The Hall–Kier alpha value is -1.45. The topological polar surface area (TPSA) is 35.0 Å². The predicted octanol–water partition coefficient (Wildman–Crippen LogP) is 3.79. The quantitative estimate of drug-likeness (QED) is 0.449. The Balaban J connectivity index is 2.34. The molecule has 100 valence electrons. The van der Waals surface area contributed by atoms with Gasteiger partial charge in [-0.05, 0) is 46.9 Å². The Labute approximate surface area is 118 Å². The summed E-state index contributed by atoms with van der Waals surface area (Å²) < 4.78 is 53.6. The average molecular weight is 384 g/mol. The van der Waals surface area contributed by atoms with E-state index >= 15 is 0 Å². The molecule has 0 amide bonds. The minimum absolute atomic E-state index is 0.340. The molecule has 1 aromatic heterocycles. The number of halogens is 5. The van der Waals surface area contributed by atoms with Crippen LogP contribution in [0.1, 0.15) is 0 Å². The van der Waals surface area contributed by atoms with Gasteiger partial charge in [0.05, 0.1) is 5.69 Å². The van der Waals surface area contributed by atoms with E-state index in [-0.39, 0.29) is 0 Å². The number of benzene rings is 1. The van der Waals surface area contributed by atoms with Crippen LogP contribution in [0.5, 0.6) is 5.75 Å². The third-order valence-corrected chi connectivity index (χ3v) is 2.68. The summed E-state index contributed by atoms with van der Waals surface area (Å²) in [4.78, 5) is 7.77. The fraction of sp³-hybridized carbons (Fsp3) is 0.0909. The molecule has 0 atom stereocenters. The molecule has 3 nitrogen and oxygen atoms in total. The fourth-order valence-electron chi connectivity index (χ4n) is 1.36. The summed E-state index contributed by atoms with van der Waals surface area (Å²) in [5.41, 5.74) is 0.754. The van der Waals surface area contributed by atoms with E-state index in [1.165, 1.54) is 12.4 Å². The van der Waals surface area contributed by atoms with Crippen molar-refractivity contribution < 1.29 is 22.3 Å². The summed E-state index contributed by atoms with van der Waals surface area (Å²) in [6.07, 6.45) is -3.64. The highest BCUT2D eigenvalue weighted by atomic mass is 127. The van der Waals surface area contributed by atoms with Gasteiger partial charge in [-0.25, -0.2) is 14.4 Å². The van der Waals surface area contributed by atoms with Gasteiger partial charge in [0.15, 0.2) is 11.6 Å². The molecule has 8 heteroatoms. The third-order valence-electron chi connectivity index (χ3n) is 2.09. The van der Waals surface area contributed by atoms with Crippen LogP contribution in [0.4, 0.5) is 17.6 Å². The fourth-order valence-corrected chi connectivity index (χ4v) is 1.78. The van der Waals surface area contributed by atoms with Crippen LogP contribution in [0.3, 0.4) is 0 Å². The van der Waals surface area contributed by atoms with Crippen LogP contribution in [-0.2, 0) is 0 Å². The SMILES string of the molecule is Fc1cc(-c2cc(I)ncn2)ccc1OC(F)(F)F. The summed E-state index contributed by atoms with van der Waals surface area (Å²) in [5, 5.41) is 0. The summed E-state index contributed by atoms with van der Waals surface area (Å²) in [6, 6.07) is 4.72. The molecule has 0 N–H and O–H groups in total. The Bertz CT molecular complexity index is 603. The molecular weight excluding hydrogens is 379 g/mol. The van der Waals surface area contributed by atoms with Crippen molar-refractivity contribution in [1.82, 2.24) is 9.97 Å². The van der Waals surface area contributed by atoms with E-state index < -0.39 is 17.9 Å². The summed E-state index contributed by atoms with van der Waals surface area (Å²) >= 11 is 1.95. The number of aromatic nitrogens is 2. The lowest BCUT2D eigenvalue weighted by Crippen LogP contribution is -2.17. The molecule has 19 heavy (non-hydrogen) atoms. The molecule has 0 bridgehead atoms. The Kier molecular flexibility index (Phi) is 3.88. The largest absolute Gasteiger partial charge is 0.573 e. The van der Waals surface area contributed by atoms with Gasteiger partial charge in [-0.15, -0.1) is 13.2 Å². The molecule has 0 saturated carbocycles. The number of nitrogens with zero attached hydrogens (tertiary/aromatic N) is 2. The second kappa shape index (κ2) is 5.27. The molecule has 0 radical (unpaired) electrons. The highest BCUT2D eigenvalue weighted by Crippen LogP contribution is 2.28. The third kappa shape index (κ3) is 3.75. The van der Waals surface area contributed by atoms with E-state index in [0.29, 0.717) is 15.0 Å². The molecule has 2 rings (SSSR count). The van der Waals surface area contributed by atoms with Crippen molar-refractivity contribution in [3.05, 3.63) is 40.1 Å². The summed E-state index contributed by atoms with van der Waals surface area (Å²) in [7, 11) is 0. The van der Waals surface area contributed by atoms with E-state index in [4.69, 9.17) is 0 Å². The first kappa shape index (κ1) is 14.0. The molecule has 0 aliphatic heterocycles. The monoisotopic (exact) mass is 384 g/mol. The van der Waals surface area contributed by atoms with Gasteiger partial charge in [0.25, 0.3) is 0 Å². The van der Waals surface area contributed by atoms with Crippen molar-refractivity contribution in [2.45, 2.75) is 6.36 Å². The van der Waals surface area contributed by atoms with Crippen molar-refractivity contribution in [3.63, 3.8) is 0 Å². The molecule has 0 fully saturated rings. The molecule has 1 heterocycles. The number of hydrogen-bond donors (Lipinski definition) is 0. The number of hydrogen-bond acceptors (Lipinski definition) is 3. The highest BCUT2D eigenvalue weighted by Gasteiger charge is 2.32. The van der Waals surface area contributed by atoms with Crippen LogP contribution in [0, 0.1) is 9.52 Å². The average Bonchev–Trinajstić information content (AvgIpc) is 2.30. The Morgan fingerprint density at radius 3 is 2.42 bits per heavy atom. The Morgan fingerprint density at radius 1 is 1.11 bits per heavy atom.